The molecule has 0 aliphatic rings. The molecule has 0 amide bonds. The second kappa shape index (κ2) is 8.32. The molecule has 0 fully saturated rings. The zero-order valence-electron chi connectivity index (χ0n) is 15.2. The molecule has 0 saturated carbocycles. The lowest BCUT2D eigenvalue weighted by Gasteiger charge is -2.23. The molecule has 3 rings (SSSR count). The molecule has 3 N–H and O–H groups in total. The smallest absolute Gasteiger partial charge is 0.124 e. The van der Waals surface area contributed by atoms with Gasteiger partial charge in [0.2, 0.25) is 0 Å². The first kappa shape index (κ1) is 21.6. The van der Waals surface area contributed by atoms with Crippen molar-refractivity contribution in [2.24, 2.45) is 0 Å². The van der Waals surface area contributed by atoms with Crippen molar-refractivity contribution in [1.29, 1.82) is 0 Å². The molecule has 0 aliphatic carbocycles. The van der Waals surface area contributed by atoms with Crippen molar-refractivity contribution in [3.8, 4) is 5.75 Å². The highest BCUT2D eigenvalue weighted by atomic mass is 32.2. The van der Waals surface area contributed by atoms with Crippen LogP contribution in [0.15, 0.2) is 82.6 Å². The number of nitrogens with one attached hydrogen (secondary N) is 2. The molecule has 0 aromatic heterocycles. The Morgan fingerprint density at radius 1 is 0.633 bits per heavy atom. The van der Waals surface area contributed by atoms with Gasteiger partial charge < -0.3 is 24.8 Å². The number of phenolic OH excluding ortho intramolecular Hbond substituents is 1. The third kappa shape index (κ3) is 5.48. The Kier molecular flexibility index (Phi) is 5.99. The Labute approximate surface area is 173 Å². The van der Waals surface area contributed by atoms with Crippen molar-refractivity contribution in [2.45, 2.75) is 16.0 Å². The molecule has 30 heavy (non-hydrogen) atoms. The molecule has 0 radical (unpaired) electrons. The summed E-state index contributed by atoms with van der Waals surface area (Å²) < 4.78 is 66.5. The van der Waals surface area contributed by atoms with Gasteiger partial charge in [0.25, 0.3) is 0 Å². The van der Waals surface area contributed by atoms with Crippen LogP contribution >= 0.6 is 0 Å². The molecule has 0 heterocycles. The molecule has 158 valence electrons. The van der Waals surface area contributed by atoms with Crippen LogP contribution in [-0.4, -0.2) is 31.0 Å². The Bertz CT molecular complexity index is 1150. The zero-order valence-corrected chi connectivity index (χ0v) is 16.9. The fourth-order valence-electron chi connectivity index (χ4n) is 2.64. The second-order valence-corrected chi connectivity index (χ2v) is 9.03. The number of benzene rings is 3. The number of phenols is 1. The van der Waals surface area contributed by atoms with E-state index in [1.165, 1.54) is 60.7 Å². The maximum Gasteiger partial charge on any atom is 0.124 e. The molecular weight excluding hydrogens is 432 g/mol. The second-order valence-electron chi connectivity index (χ2n) is 6.27. The summed E-state index contributed by atoms with van der Waals surface area (Å²) in [4.78, 5) is -0.729. The summed E-state index contributed by atoms with van der Waals surface area (Å²) in [5, 5.41) is 15.8. The average molecular weight is 448 g/mol. The lowest BCUT2D eigenvalue weighted by atomic mass is 10.1. The van der Waals surface area contributed by atoms with Crippen LogP contribution in [0, 0.1) is 0 Å². The number of hydrogen-bond donors (Lipinski definition) is 3. The van der Waals surface area contributed by atoms with Gasteiger partial charge in [-0.25, -0.2) is 16.8 Å². The van der Waals surface area contributed by atoms with Crippen molar-refractivity contribution in [3.05, 3.63) is 78.4 Å². The largest absolute Gasteiger partial charge is 0.744 e. The summed E-state index contributed by atoms with van der Waals surface area (Å²) in [6.45, 7) is 0. The fourth-order valence-corrected chi connectivity index (χ4v) is 3.58. The van der Waals surface area contributed by atoms with E-state index in [2.05, 4.69) is 10.6 Å². The molecule has 11 heteroatoms. The molecule has 0 bridgehead atoms. The summed E-state index contributed by atoms with van der Waals surface area (Å²) >= 11 is 0. The lowest BCUT2D eigenvalue weighted by Crippen LogP contribution is -2.20. The highest BCUT2D eigenvalue weighted by molar-refractivity contribution is 7.86. The van der Waals surface area contributed by atoms with Crippen LogP contribution in [0.25, 0.3) is 0 Å². The van der Waals surface area contributed by atoms with Gasteiger partial charge in [0.1, 0.15) is 32.2 Å². The number of anilines is 2. The van der Waals surface area contributed by atoms with Gasteiger partial charge in [-0.15, -0.1) is 0 Å². The lowest BCUT2D eigenvalue weighted by molar-refractivity contribution is 0.461. The summed E-state index contributed by atoms with van der Waals surface area (Å²) in [6, 6.07) is 16.6. The Hall–Kier alpha value is -3.12. The van der Waals surface area contributed by atoms with Crippen LogP contribution < -0.4 is 10.6 Å². The van der Waals surface area contributed by atoms with Crippen molar-refractivity contribution in [3.63, 3.8) is 0 Å². The summed E-state index contributed by atoms with van der Waals surface area (Å²) in [5.41, 5.74) is 1.67. The average Bonchev–Trinajstić information content (AvgIpc) is 2.67. The minimum absolute atomic E-state index is 0.0625. The Morgan fingerprint density at radius 3 is 1.33 bits per heavy atom. The Balaban J connectivity index is 1.88. The topological polar surface area (TPSA) is 159 Å². The van der Waals surface area contributed by atoms with Gasteiger partial charge in [0.05, 0.1) is 9.79 Å². The van der Waals surface area contributed by atoms with E-state index in [1.807, 2.05) is 0 Å². The predicted octanol–water partition coefficient (Wildman–Crippen LogP) is 2.42. The third-order valence-electron chi connectivity index (χ3n) is 4.13. The van der Waals surface area contributed by atoms with Crippen molar-refractivity contribution >= 4 is 31.6 Å². The quantitative estimate of drug-likeness (QED) is 0.364. The summed E-state index contributed by atoms with van der Waals surface area (Å²) in [5.74, 6) is 0.0625. The first-order valence-electron chi connectivity index (χ1n) is 8.46. The van der Waals surface area contributed by atoms with Crippen LogP contribution in [0.2, 0.25) is 0 Å². The monoisotopic (exact) mass is 448 g/mol. The minimum Gasteiger partial charge on any atom is -0.744 e. The maximum absolute atomic E-state index is 11.1. The van der Waals surface area contributed by atoms with Gasteiger partial charge in [0, 0.05) is 11.4 Å². The highest BCUT2D eigenvalue weighted by Gasteiger charge is 2.13. The molecule has 9 nitrogen and oxygen atoms in total. The van der Waals surface area contributed by atoms with E-state index in [0.717, 1.165) is 0 Å². The standard InChI is InChI=1S/C19H18N2O7S2/c22-16-7-1-13(2-8-16)19(20-14-3-9-17(10-4-14)29(23,24)25)21-15-5-11-18(12-6-15)30(26,27)28/h1-12,19-22H,(H,23,24,25)(H,26,27,28)/p-2. The molecule has 0 atom stereocenters. The van der Waals surface area contributed by atoms with Crippen LogP contribution in [0.1, 0.15) is 11.7 Å². The van der Waals surface area contributed by atoms with Gasteiger partial charge in [-0.3, -0.25) is 0 Å². The van der Waals surface area contributed by atoms with Crippen LogP contribution in [0.5, 0.6) is 5.75 Å². The van der Waals surface area contributed by atoms with Crippen molar-refractivity contribution in [1.82, 2.24) is 0 Å². The zero-order chi connectivity index (χ0) is 21.9. The van der Waals surface area contributed by atoms with Crippen LogP contribution in [0.4, 0.5) is 11.4 Å². The van der Waals surface area contributed by atoms with Gasteiger partial charge in [0.15, 0.2) is 0 Å². The summed E-state index contributed by atoms with van der Waals surface area (Å²) in [6.07, 6.45) is -0.588. The molecule has 0 aliphatic heterocycles. The fraction of sp³-hybridized carbons (Fsp3) is 0.0526. The van der Waals surface area contributed by atoms with Crippen LogP contribution in [-0.2, 0) is 20.2 Å². The first-order valence-corrected chi connectivity index (χ1v) is 11.3. The third-order valence-corrected chi connectivity index (χ3v) is 5.83. The van der Waals surface area contributed by atoms with E-state index in [1.54, 1.807) is 12.1 Å². The van der Waals surface area contributed by atoms with E-state index >= 15 is 0 Å². The highest BCUT2D eigenvalue weighted by Crippen LogP contribution is 2.25. The Morgan fingerprint density at radius 2 is 1.00 bits per heavy atom. The van der Waals surface area contributed by atoms with E-state index in [4.69, 9.17) is 0 Å². The number of rotatable bonds is 7. The van der Waals surface area contributed by atoms with Gasteiger partial charge in [-0.05, 0) is 66.2 Å². The molecule has 0 saturated heterocycles. The summed E-state index contributed by atoms with van der Waals surface area (Å²) in [7, 11) is -9.13. The molecule has 0 spiro atoms. The van der Waals surface area contributed by atoms with E-state index in [-0.39, 0.29) is 15.5 Å². The normalized spacial score (nSPS) is 12.0. The van der Waals surface area contributed by atoms with Crippen molar-refractivity contribution < 1.29 is 31.0 Å². The molecule has 3 aromatic carbocycles. The molecule has 0 unspecified atom stereocenters. The number of hydrogen-bond acceptors (Lipinski definition) is 9. The van der Waals surface area contributed by atoms with Crippen molar-refractivity contribution in [2.75, 3.05) is 10.6 Å². The van der Waals surface area contributed by atoms with E-state index in [9.17, 15) is 31.0 Å². The minimum atomic E-state index is -4.57. The van der Waals surface area contributed by atoms with Crippen LogP contribution in [0.3, 0.4) is 0 Å². The molecule has 3 aromatic rings. The molecular formula is C19H16N2O7S2-2. The first-order chi connectivity index (χ1) is 14.0. The van der Waals surface area contributed by atoms with E-state index in [0.29, 0.717) is 16.9 Å². The number of aromatic hydroxyl groups is 1. The maximum atomic E-state index is 11.1. The SMILES string of the molecule is O=S(=O)([O-])c1ccc(NC(Nc2ccc(S(=O)(=O)[O-])cc2)c2ccc(O)cc2)cc1. The van der Waals surface area contributed by atoms with Gasteiger partial charge in [-0.1, -0.05) is 12.1 Å². The van der Waals surface area contributed by atoms with E-state index < -0.39 is 26.4 Å². The van der Waals surface area contributed by atoms with Gasteiger partial charge >= 0.3 is 0 Å². The van der Waals surface area contributed by atoms with Gasteiger partial charge in [-0.2, -0.15) is 0 Å². The predicted molar refractivity (Wildman–Crippen MR) is 107 cm³/mol.